The maximum Gasteiger partial charge on any atom is 0.354 e. The van der Waals surface area contributed by atoms with Gasteiger partial charge >= 0.3 is 5.69 Å². The lowest BCUT2D eigenvalue weighted by Gasteiger charge is -2.31. The van der Waals surface area contributed by atoms with Crippen LogP contribution in [0.1, 0.15) is 75.2 Å². The van der Waals surface area contributed by atoms with Crippen LogP contribution >= 0.6 is 11.8 Å². The zero-order chi connectivity index (χ0) is 29.1. The fourth-order valence-corrected chi connectivity index (χ4v) is 6.73. The minimum absolute atomic E-state index is 0.0347. The lowest BCUT2D eigenvalue weighted by molar-refractivity contribution is 0.0118. The molecule has 0 aliphatic carbocycles. The van der Waals surface area contributed by atoms with E-state index in [0.29, 0.717) is 35.0 Å². The Morgan fingerprint density at radius 2 is 2.07 bits per heavy atom. The molecule has 0 bridgehead atoms. The van der Waals surface area contributed by atoms with Gasteiger partial charge in [-0.3, -0.25) is 14.9 Å². The Balaban J connectivity index is 1.31. The summed E-state index contributed by atoms with van der Waals surface area (Å²) in [7, 11) is 0. The molecular formula is C29H40F2N8OS. The van der Waals surface area contributed by atoms with Crippen LogP contribution in [0.25, 0.3) is 16.7 Å². The standard InChI is InChI=1S/C29H40F2N8OS/c1-18(32)4-3-12-38-17-29(30,31)15-25(38)24-14-20-16-39(28(40)37-26(20)36-24)22-9-7-19(8-10-22)23-6-2-5-21(35-23)11-13-41-27(33)34/h7-10,14,16,18,21,23,25,35H,2-6,11-13,15,17,32H2,1H3,(H3,33,34)(H,36,37,40)/t18-,21+,23+,25?/m1/s1. The fraction of sp³-hybridized carbons (Fsp3) is 0.552. The number of amidine groups is 1. The second-order valence-electron chi connectivity index (χ2n) is 11.5. The number of piperidine rings is 1. The molecule has 222 valence electrons. The molecule has 0 spiro atoms. The van der Waals surface area contributed by atoms with Gasteiger partial charge in [0, 0.05) is 47.6 Å². The first kappa shape index (κ1) is 29.7. The maximum atomic E-state index is 14.4. The number of H-pyrrole nitrogens is 1. The molecule has 3 aromatic rings. The number of rotatable bonds is 10. The van der Waals surface area contributed by atoms with Crippen LogP contribution in [0.3, 0.4) is 0 Å². The Morgan fingerprint density at radius 1 is 1.29 bits per heavy atom. The van der Waals surface area contributed by atoms with E-state index in [4.69, 9.17) is 16.9 Å². The van der Waals surface area contributed by atoms with E-state index in [2.05, 4.69) is 15.3 Å². The molecule has 2 fully saturated rings. The third-order valence-corrected chi connectivity index (χ3v) is 8.89. The van der Waals surface area contributed by atoms with Crippen molar-refractivity contribution in [3.05, 3.63) is 58.3 Å². The molecule has 0 amide bonds. The molecule has 2 aliphatic heterocycles. The lowest BCUT2D eigenvalue weighted by atomic mass is 9.92. The van der Waals surface area contributed by atoms with Crippen LogP contribution < -0.4 is 22.5 Å². The molecule has 2 aliphatic rings. The number of fused-ring (bicyclic) bond motifs is 1. The van der Waals surface area contributed by atoms with Gasteiger partial charge in [-0.05, 0) is 69.3 Å². The van der Waals surface area contributed by atoms with Gasteiger partial charge in [-0.25, -0.2) is 13.6 Å². The molecule has 2 aromatic heterocycles. The van der Waals surface area contributed by atoms with Gasteiger partial charge in [-0.1, -0.05) is 30.3 Å². The number of benzene rings is 1. The van der Waals surface area contributed by atoms with Gasteiger partial charge in [-0.2, -0.15) is 4.98 Å². The van der Waals surface area contributed by atoms with Crippen molar-refractivity contribution in [2.24, 2.45) is 11.5 Å². The molecule has 41 heavy (non-hydrogen) atoms. The third kappa shape index (κ3) is 7.35. The van der Waals surface area contributed by atoms with Crippen LogP contribution in [0, 0.1) is 5.41 Å². The van der Waals surface area contributed by atoms with Crippen molar-refractivity contribution in [3.8, 4) is 5.69 Å². The van der Waals surface area contributed by atoms with Crippen molar-refractivity contribution in [1.82, 2.24) is 24.8 Å². The molecule has 9 nitrogen and oxygen atoms in total. The first-order chi connectivity index (χ1) is 19.6. The van der Waals surface area contributed by atoms with E-state index in [-0.39, 0.29) is 30.2 Å². The third-order valence-electron chi connectivity index (χ3n) is 8.14. The minimum Gasteiger partial charge on any atom is -0.379 e. The first-order valence-electron chi connectivity index (χ1n) is 14.4. The molecule has 1 aromatic carbocycles. The van der Waals surface area contributed by atoms with Crippen molar-refractivity contribution < 1.29 is 8.78 Å². The van der Waals surface area contributed by atoms with E-state index >= 15 is 0 Å². The second-order valence-corrected chi connectivity index (χ2v) is 12.7. The molecule has 0 saturated carbocycles. The first-order valence-corrected chi connectivity index (χ1v) is 15.4. The number of nitrogens with two attached hydrogens (primary N) is 2. The molecule has 4 atom stereocenters. The van der Waals surface area contributed by atoms with E-state index in [0.717, 1.165) is 49.8 Å². The average molecular weight is 587 g/mol. The largest absolute Gasteiger partial charge is 0.379 e. The second kappa shape index (κ2) is 12.6. The molecule has 0 radical (unpaired) electrons. The summed E-state index contributed by atoms with van der Waals surface area (Å²) in [5, 5.41) is 12.0. The van der Waals surface area contributed by atoms with Crippen molar-refractivity contribution in [3.63, 3.8) is 0 Å². The number of nitrogens with one attached hydrogen (secondary N) is 3. The summed E-state index contributed by atoms with van der Waals surface area (Å²) < 4.78 is 30.4. The smallest absolute Gasteiger partial charge is 0.354 e. The Kier molecular flexibility index (Phi) is 9.12. The van der Waals surface area contributed by atoms with Crippen molar-refractivity contribution in [2.45, 2.75) is 82.0 Å². The zero-order valence-corrected chi connectivity index (χ0v) is 24.2. The van der Waals surface area contributed by atoms with E-state index in [1.54, 1.807) is 6.20 Å². The van der Waals surface area contributed by atoms with Gasteiger partial charge in [0.2, 0.25) is 0 Å². The van der Waals surface area contributed by atoms with Crippen LogP contribution in [0.4, 0.5) is 8.78 Å². The number of aromatic nitrogens is 3. The number of thioether (sulfide) groups is 1. The van der Waals surface area contributed by atoms with E-state index in [9.17, 15) is 13.6 Å². The summed E-state index contributed by atoms with van der Waals surface area (Å²) in [6.07, 6.45) is 7.22. The number of aromatic amines is 1. The van der Waals surface area contributed by atoms with Crippen LogP contribution in [-0.2, 0) is 0 Å². The van der Waals surface area contributed by atoms with Gasteiger partial charge in [0.05, 0.1) is 18.3 Å². The van der Waals surface area contributed by atoms with E-state index in [1.807, 2.05) is 42.2 Å². The Hall–Kier alpha value is -2.80. The topological polar surface area (TPSA) is 142 Å². The van der Waals surface area contributed by atoms with Crippen molar-refractivity contribution in [2.75, 3.05) is 18.8 Å². The molecule has 1 unspecified atom stereocenters. The van der Waals surface area contributed by atoms with E-state index in [1.165, 1.54) is 16.3 Å². The number of hydrogen-bond donors (Lipinski definition) is 5. The molecular weight excluding hydrogens is 546 g/mol. The van der Waals surface area contributed by atoms with Crippen LogP contribution in [-0.4, -0.2) is 61.5 Å². The minimum atomic E-state index is -2.77. The Morgan fingerprint density at radius 3 is 2.80 bits per heavy atom. The highest BCUT2D eigenvalue weighted by atomic mass is 32.2. The molecule has 2 saturated heterocycles. The maximum absolute atomic E-state index is 14.4. The van der Waals surface area contributed by atoms with Crippen LogP contribution in [0.2, 0.25) is 0 Å². The lowest BCUT2D eigenvalue weighted by Crippen LogP contribution is -2.37. The van der Waals surface area contributed by atoms with Crippen LogP contribution in [0.5, 0.6) is 0 Å². The predicted octanol–water partition coefficient (Wildman–Crippen LogP) is 4.42. The van der Waals surface area contributed by atoms with Gasteiger partial charge in [0.25, 0.3) is 5.92 Å². The average Bonchev–Trinajstić information content (AvgIpc) is 3.47. The quantitative estimate of drug-likeness (QED) is 0.175. The Bertz CT molecular complexity index is 1410. The number of halogens is 2. The molecule has 4 heterocycles. The number of alkyl halides is 2. The summed E-state index contributed by atoms with van der Waals surface area (Å²) in [6, 6.07) is 9.95. The highest BCUT2D eigenvalue weighted by Gasteiger charge is 2.45. The summed E-state index contributed by atoms with van der Waals surface area (Å²) >= 11 is 1.38. The van der Waals surface area contributed by atoms with Gasteiger partial charge in [-0.15, -0.1) is 0 Å². The Labute approximate surface area is 243 Å². The van der Waals surface area contributed by atoms with Crippen molar-refractivity contribution >= 4 is 28.0 Å². The zero-order valence-electron chi connectivity index (χ0n) is 23.4. The molecule has 7 N–H and O–H groups in total. The fourth-order valence-electron chi connectivity index (χ4n) is 6.11. The van der Waals surface area contributed by atoms with Gasteiger partial charge < -0.3 is 21.8 Å². The number of hydrogen-bond acceptors (Lipinski definition) is 7. The summed E-state index contributed by atoms with van der Waals surface area (Å²) in [5.41, 5.74) is 13.8. The number of likely N-dealkylation sites (tertiary alicyclic amines) is 1. The van der Waals surface area contributed by atoms with E-state index < -0.39 is 17.7 Å². The van der Waals surface area contributed by atoms with Crippen molar-refractivity contribution in [1.29, 1.82) is 5.41 Å². The van der Waals surface area contributed by atoms with Crippen LogP contribution in [0.15, 0.2) is 41.3 Å². The highest BCUT2D eigenvalue weighted by Crippen LogP contribution is 2.41. The SMILES string of the molecule is C[C@@H](N)CCCN1CC(F)(F)CC1c1cc2cn(-c3ccc([C@@H]4CCC[C@@H](CCSC(=N)N)N4)cc3)c(=O)nc2[nH]1. The summed E-state index contributed by atoms with van der Waals surface area (Å²) in [4.78, 5) is 22.2. The molecule has 5 rings (SSSR count). The summed E-state index contributed by atoms with van der Waals surface area (Å²) in [6.45, 7) is 2.18. The highest BCUT2D eigenvalue weighted by molar-refractivity contribution is 8.13. The predicted molar refractivity (Wildman–Crippen MR) is 161 cm³/mol. The normalized spacial score (nSPS) is 23.7. The molecule has 12 heteroatoms. The summed E-state index contributed by atoms with van der Waals surface area (Å²) in [5.74, 6) is -1.94. The number of nitrogens with zero attached hydrogens (tertiary/aromatic N) is 3. The van der Waals surface area contributed by atoms with Gasteiger partial charge in [0.1, 0.15) is 5.65 Å². The monoisotopic (exact) mass is 586 g/mol. The van der Waals surface area contributed by atoms with Gasteiger partial charge in [0.15, 0.2) is 5.17 Å².